The zero-order valence-electron chi connectivity index (χ0n) is 10.7. The highest BCUT2D eigenvalue weighted by atomic mass is 16.4. The van der Waals surface area contributed by atoms with Gasteiger partial charge in [0.15, 0.2) is 0 Å². The first-order valence-corrected chi connectivity index (χ1v) is 5.76. The summed E-state index contributed by atoms with van der Waals surface area (Å²) < 4.78 is 1.41. The molecule has 2 aromatic rings. The van der Waals surface area contributed by atoms with Crippen LogP contribution in [0.1, 0.15) is 35.6 Å². The molecular formula is C14H16N2O2. The van der Waals surface area contributed by atoms with Crippen molar-refractivity contribution in [2.24, 2.45) is 7.05 Å². The van der Waals surface area contributed by atoms with Crippen LogP contribution < -0.4 is 0 Å². The quantitative estimate of drug-likeness (QED) is 0.902. The molecule has 0 amide bonds. The van der Waals surface area contributed by atoms with Crippen molar-refractivity contribution in [3.05, 3.63) is 53.3 Å². The van der Waals surface area contributed by atoms with Crippen molar-refractivity contribution >= 4 is 5.97 Å². The van der Waals surface area contributed by atoms with Crippen molar-refractivity contribution in [2.75, 3.05) is 0 Å². The molecule has 0 saturated carbocycles. The number of benzene rings is 1. The number of aromatic carboxylic acids is 1. The van der Waals surface area contributed by atoms with Crippen LogP contribution in [-0.4, -0.2) is 20.9 Å². The molecule has 0 spiro atoms. The zero-order valence-corrected chi connectivity index (χ0v) is 10.7. The molecule has 0 aliphatic rings. The van der Waals surface area contributed by atoms with Gasteiger partial charge in [0.1, 0.15) is 5.69 Å². The summed E-state index contributed by atoms with van der Waals surface area (Å²) >= 11 is 0. The van der Waals surface area contributed by atoms with Crippen molar-refractivity contribution in [3.8, 4) is 0 Å². The molecule has 2 rings (SSSR count). The van der Waals surface area contributed by atoms with Gasteiger partial charge in [0, 0.05) is 12.5 Å². The van der Waals surface area contributed by atoms with Crippen molar-refractivity contribution in [3.63, 3.8) is 0 Å². The first-order valence-electron chi connectivity index (χ1n) is 5.76. The Bertz CT molecular complexity index is 571. The summed E-state index contributed by atoms with van der Waals surface area (Å²) in [4.78, 5) is 11.0. The Kier molecular flexibility index (Phi) is 2.95. The average Bonchev–Trinajstić information content (AvgIpc) is 2.73. The molecular weight excluding hydrogens is 228 g/mol. The number of nitrogens with zero attached hydrogens (tertiary/aromatic N) is 2. The molecule has 1 aromatic heterocycles. The van der Waals surface area contributed by atoms with Crippen molar-refractivity contribution < 1.29 is 9.90 Å². The molecule has 94 valence electrons. The largest absolute Gasteiger partial charge is 0.477 e. The summed E-state index contributed by atoms with van der Waals surface area (Å²) in [6, 6.07) is 11.6. The smallest absolute Gasteiger partial charge is 0.354 e. The van der Waals surface area contributed by atoms with Gasteiger partial charge in [-0.05, 0) is 11.6 Å². The van der Waals surface area contributed by atoms with E-state index in [1.807, 2.05) is 44.2 Å². The van der Waals surface area contributed by atoms with Crippen molar-refractivity contribution in [1.82, 2.24) is 9.78 Å². The summed E-state index contributed by atoms with van der Waals surface area (Å²) in [5.41, 5.74) is 1.76. The Morgan fingerprint density at radius 3 is 2.39 bits per heavy atom. The van der Waals surface area contributed by atoms with Crippen molar-refractivity contribution in [2.45, 2.75) is 19.3 Å². The third-order valence-electron chi connectivity index (χ3n) is 3.23. The lowest BCUT2D eigenvalue weighted by Crippen LogP contribution is -2.19. The number of aromatic nitrogens is 2. The molecule has 1 heterocycles. The monoisotopic (exact) mass is 244 g/mol. The number of aryl methyl sites for hydroxylation is 1. The number of hydrogen-bond donors (Lipinski definition) is 1. The molecule has 0 saturated heterocycles. The van der Waals surface area contributed by atoms with E-state index in [4.69, 9.17) is 5.11 Å². The summed E-state index contributed by atoms with van der Waals surface area (Å²) in [5.74, 6) is -0.958. The van der Waals surface area contributed by atoms with Crippen LogP contribution in [0.2, 0.25) is 0 Å². The predicted octanol–water partition coefficient (Wildman–Crippen LogP) is 2.44. The first-order chi connectivity index (χ1) is 8.43. The van der Waals surface area contributed by atoms with E-state index in [2.05, 4.69) is 5.10 Å². The molecule has 1 N–H and O–H groups in total. The molecule has 0 unspecified atom stereocenters. The van der Waals surface area contributed by atoms with Gasteiger partial charge < -0.3 is 5.11 Å². The standard InChI is InChI=1S/C14H16N2O2/c1-14(2,10-7-5-4-6-8-10)12-9-11(13(17)18)16(3)15-12/h4-9H,1-3H3,(H,17,18). The third kappa shape index (κ3) is 2.01. The number of carboxylic acid groups (broad SMARTS) is 1. The number of carboxylic acids is 1. The number of carbonyl (C=O) groups is 1. The Balaban J connectivity index is 2.48. The fraction of sp³-hybridized carbons (Fsp3) is 0.286. The van der Waals surface area contributed by atoms with Crippen LogP contribution in [-0.2, 0) is 12.5 Å². The third-order valence-corrected chi connectivity index (χ3v) is 3.23. The fourth-order valence-electron chi connectivity index (χ4n) is 1.98. The van der Waals surface area contributed by atoms with Crippen LogP contribution in [0.15, 0.2) is 36.4 Å². The molecule has 0 aliphatic heterocycles. The molecule has 0 bridgehead atoms. The van der Waals surface area contributed by atoms with Crippen LogP contribution in [0.3, 0.4) is 0 Å². The maximum atomic E-state index is 11.0. The number of rotatable bonds is 3. The van der Waals surface area contributed by atoms with Gasteiger partial charge in [-0.3, -0.25) is 4.68 Å². The highest BCUT2D eigenvalue weighted by Crippen LogP contribution is 2.30. The summed E-state index contributed by atoms with van der Waals surface area (Å²) in [6.45, 7) is 4.08. The number of hydrogen-bond acceptors (Lipinski definition) is 2. The minimum absolute atomic E-state index is 0.203. The Labute approximate surface area is 106 Å². The lowest BCUT2D eigenvalue weighted by Gasteiger charge is -2.22. The topological polar surface area (TPSA) is 55.1 Å². The SMILES string of the molecule is Cn1nc(C(C)(C)c2ccccc2)cc1C(=O)O. The maximum Gasteiger partial charge on any atom is 0.354 e. The predicted molar refractivity (Wildman–Crippen MR) is 68.7 cm³/mol. The Hall–Kier alpha value is -2.10. The van der Waals surface area contributed by atoms with Crippen molar-refractivity contribution in [1.29, 1.82) is 0 Å². The van der Waals surface area contributed by atoms with Crippen LogP contribution in [0.25, 0.3) is 0 Å². The Morgan fingerprint density at radius 1 is 1.28 bits per heavy atom. The molecule has 0 aliphatic carbocycles. The lowest BCUT2D eigenvalue weighted by atomic mass is 9.81. The highest BCUT2D eigenvalue weighted by Gasteiger charge is 2.27. The fourth-order valence-corrected chi connectivity index (χ4v) is 1.98. The molecule has 4 heteroatoms. The second-order valence-electron chi connectivity index (χ2n) is 4.83. The van der Waals surface area contributed by atoms with Gasteiger partial charge in [-0.2, -0.15) is 5.10 Å². The van der Waals surface area contributed by atoms with Gasteiger partial charge in [0.25, 0.3) is 0 Å². The summed E-state index contributed by atoms with van der Waals surface area (Å²) in [6.07, 6.45) is 0. The molecule has 0 fully saturated rings. The van der Waals surface area contributed by atoms with E-state index in [1.54, 1.807) is 13.1 Å². The highest BCUT2D eigenvalue weighted by molar-refractivity contribution is 5.85. The van der Waals surface area contributed by atoms with E-state index < -0.39 is 5.97 Å². The zero-order chi connectivity index (χ0) is 13.3. The first kappa shape index (κ1) is 12.4. The van der Waals surface area contributed by atoms with Crippen LogP contribution in [0.4, 0.5) is 0 Å². The van der Waals surface area contributed by atoms with E-state index >= 15 is 0 Å². The van der Waals surface area contributed by atoms with E-state index in [1.165, 1.54) is 4.68 Å². The van der Waals surface area contributed by atoms with Gasteiger partial charge in [0.05, 0.1) is 5.69 Å². The second-order valence-corrected chi connectivity index (χ2v) is 4.83. The molecule has 0 radical (unpaired) electrons. The maximum absolute atomic E-state index is 11.0. The molecule has 18 heavy (non-hydrogen) atoms. The van der Waals surface area contributed by atoms with Gasteiger partial charge >= 0.3 is 5.97 Å². The minimum atomic E-state index is -0.958. The van der Waals surface area contributed by atoms with Gasteiger partial charge in [-0.15, -0.1) is 0 Å². The van der Waals surface area contributed by atoms with Crippen LogP contribution >= 0.6 is 0 Å². The van der Waals surface area contributed by atoms with E-state index in [-0.39, 0.29) is 11.1 Å². The molecule has 4 nitrogen and oxygen atoms in total. The normalized spacial score (nSPS) is 11.5. The summed E-state index contributed by atoms with van der Waals surface area (Å²) in [7, 11) is 1.65. The lowest BCUT2D eigenvalue weighted by molar-refractivity contribution is 0.0685. The van der Waals surface area contributed by atoms with Gasteiger partial charge in [0.2, 0.25) is 0 Å². The second kappa shape index (κ2) is 4.29. The van der Waals surface area contributed by atoms with E-state index in [9.17, 15) is 4.79 Å². The Morgan fingerprint density at radius 2 is 1.89 bits per heavy atom. The molecule has 0 atom stereocenters. The van der Waals surface area contributed by atoms with E-state index in [0.717, 1.165) is 11.3 Å². The van der Waals surface area contributed by atoms with Crippen LogP contribution in [0, 0.1) is 0 Å². The summed E-state index contributed by atoms with van der Waals surface area (Å²) in [5, 5.41) is 13.4. The molecule has 1 aromatic carbocycles. The minimum Gasteiger partial charge on any atom is -0.477 e. The van der Waals surface area contributed by atoms with Gasteiger partial charge in [-0.1, -0.05) is 44.2 Å². The van der Waals surface area contributed by atoms with E-state index in [0.29, 0.717) is 0 Å². The van der Waals surface area contributed by atoms with Gasteiger partial charge in [-0.25, -0.2) is 4.79 Å². The average molecular weight is 244 g/mol. The van der Waals surface area contributed by atoms with Crippen LogP contribution in [0.5, 0.6) is 0 Å².